The zero-order valence-corrected chi connectivity index (χ0v) is 16.4. The molecule has 29 heavy (non-hydrogen) atoms. The number of fused-ring (bicyclic) bond motifs is 1. The van der Waals surface area contributed by atoms with Crippen LogP contribution >= 0.6 is 0 Å². The molecule has 0 saturated carbocycles. The summed E-state index contributed by atoms with van der Waals surface area (Å²) in [6, 6.07) is 10.6. The third-order valence-electron chi connectivity index (χ3n) is 4.88. The number of aromatic nitrogens is 2. The van der Waals surface area contributed by atoms with Gasteiger partial charge in [-0.05, 0) is 55.3 Å². The monoisotopic (exact) mass is 403 g/mol. The highest BCUT2D eigenvalue weighted by atomic mass is 19.4. The number of halogens is 3. The molecule has 7 heteroatoms. The maximum atomic E-state index is 12.9. The van der Waals surface area contributed by atoms with Crippen LogP contribution in [0.5, 0.6) is 0 Å². The molecule has 2 N–H and O–H groups in total. The van der Waals surface area contributed by atoms with E-state index in [9.17, 15) is 18.0 Å². The number of amides is 1. The largest absolute Gasteiger partial charge is 0.416 e. The van der Waals surface area contributed by atoms with Crippen LogP contribution in [0, 0.1) is 5.92 Å². The molecule has 1 amide bonds. The van der Waals surface area contributed by atoms with Crippen LogP contribution in [0.15, 0.2) is 42.5 Å². The topological polar surface area (TPSA) is 57.8 Å². The van der Waals surface area contributed by atoms with Crippen molar-refractivity contribution in [2.24, 2.45) is 5.92 Å². The third kappa shape index (κ3) is 4.96. The van der Waals surface area contributed by atoms with Crippen LogP contribution in [0.4, 0.5) is 18.9 Å². The number of carbonyl (C=O) groups excluding carboxylic acids is 1. The molecule has 0 aliphatic heterocycles. The molecule has 0 saturated heterocycles. The molecular weight excluding hydrogens is 379 g/mol. The molecule has 0 bridgehead atoms. The molecule has 0 fully saturated rings. The first-order chi connectivity index (χ1) is 13.8. The van der Waals surface area contributed by atoms with Crippen LogP contribution in [-0.4, -0.2) is 15.9 Å². The summed E-state index contributed by atoms with van der Waals surface area (Å²) in [6.07, 6.45) is -0.766. The number of nitrogens with zero attached hydrogens (tertiary/aromatic N) is 1. The van der Waals surface area contributed by atoms with Gasteiger partial charge in [-0.2, -0.15) is 13.2 Å². The Kier molecular flexibility index (Phi) is 6.25. The van der Waals surface area contributed by atoms with Crippen molar-refractivity contribution >= 4 is 22.6 Å². The second-order valence-corrected chi connectivity index (χ2v) is 7.16. The Balaban J connectivity index is 1.77. The summed E-state index contributed by atoms with van der Waals surface area (Å²) >= 11 is 0. The highest BCUT2D eigenvalue weighted by Crippen LogP contribution is 2.32. The number of aromatic amines is 1. The van der Waals surface area contributed by atoms with Gasteiger partial charge in [-0.1, -0.05) is 26.7 Å². The molecule has 0 aliphatic carbocycles. The van der Waals surface area contributed by atoms with Gasteiger partial charge in [0.2, 0.25) is 5.91 Å². The van der Waals surface area contributed by atoms with Crippen LogP contribution < -0.4 is 5.32 Å². The normalized spacial score (nSPS) is 11.9. The van der Waals surface area contributed by atoms with Crippen molar-refractivity contribution in [3.8, 4) is 11.4 Å². The Labute approximate surface area is 167 Å². The number of nitrogens with one attached hydrogen (secondary N) is 2. The summed E-state index contributed by atoms with van der Waals surface area (Å²) < 4.78 is 38.6. The second-order valence-electron chi connectivity index (χ2n) is 7.16. The number of hydrogen-bond acceptors (Lipinski definition) is 2. The molecule has 1 heterocycles. The number of alkyl halides is 3. The predicted molar refractivity (Wildman–Crippen MR) is 108 cm³/mol. The van der Waals surface area contributed by atoms with Gasteiger partial charge >= 0.3 is 6.18 Å². The fourth-order valence-corrected chi connectivity index (χ4v) is 3.38. The minimum atomic E-state index is -4.40. The minimum absolute atomic E-state index is 0.00266. The summed E-state index contributed by atoms with van der Waals surface area (Å²) in [5.41, 5.74) is 1.49. The van der Waals surface area contributed by atoms with Crippen LogP contribution in [-0.2, 0) is 11.0 Å². The van der Waals surface area contributed by atoms with Gasteiger partial charge in [-0.3, -0.25) is 4.79 Å². The number of anilines is 1. The van der Waals surface area contributed by atoms with Crippen molar-refractivity contribution in [3.63, 3.8) is 0 Å². The van der Waals surface area contributed by atoms with E-state index in [1.807, 2.05) is 0 Å². The SMILES string of the molecule is CCCC(CCC)C(=O)Nc1ccc(-c2nc3ccc(C(F)(F)F)cc3[nH]2)cc1. The van der Waals surface area contributed by atoms with Crippen molar-refractivity contribution < 1.29 is 18.0 Å². The molecule has 4 nitrogen and oxygen atoms in total. The molecule has 0 aliphatic rings. The van der Waals surface area contributed by atoms with Crippen molar-refractivity contribution in [2.45, 2.75) is 45.7 Å². The maximum Gasteiger partial charge on any atom is 0.416 e. The standard InChI is InChI=1S/C22H24F3N3O/c1-3-5-15(6-4-2)21(29)26-17-10-7-14(8-11-17)20-27-18-12-9-16(22(23,24)25)13-19(18)28-20/h7-13,15H,3-6H2,1-2H3,(H,26,29)(H,27,28). The first-order valence-corrected chi connectivity index (χ1v) is 9.80. The molecule has 0 spiro atoms. The molecule has 2 aromatic carbocycles. The molecule has 3 rings (SSSR count). The lowest BCUT2D eigenvalue weighted by Gasteiger charge is -2.15. The lowest BCUT2D eigenvalue weighted by molar-refractivity contribution is -0.137. The Morgan fingerprint density at radius 1 is 1.07 bits per heavy atom. The number of rotatable bonds is 7. The van der Waals surface area contributed by atoms with Gasteiger partial charge in [0.1, 0.15) is 5.82 Å². The summed E-state index contributed by atoms with van der Waals surface area (Å²) in [6.45, 7) is 4.13. The zero-order valence-electron chi connectivity index (χ0n) is 16.4. The highest BCUT2D eigenvalue weighted by Gasteiger charge is 2.30. The zero-order chi connectivity index (χ0) is 21.0. The molecule has 0 radical (unpaired) electrons. The van der Waals surface area contributed by atoms with E-state index >= 15 is 0 Å². The molecule has 3 aromatic rings. The van der Waals surface area contributed by atoms with Gasteiger partial charge < -0.3 is 10.3 Å². The van der Waals surface area contributed by atoms with E-state index < -0.39 is 11.7 Å². The van der Waals surface area contributed by atoms with Gasteiger partial charge in [0.15, 0.2) is 0 Å². The first-order valence-electron chi connectivity index (χ1n) is 9.80. The van der Waals surface area contributed by atoms with Crippen molar-refractivity contribution in [3.05, 3.63) is 48.0 Å². The number of H-pyrrole nitrogens is 1. The van der Waals surface area contributed by atoms with Crippen molar-refractivity contribution in [1.29, 1.82) is 0 Å². The van der Waals surface area contributed by atoms with Gasteiger partial charge in [-0.25, -0.2) is 4.98 Å². The average molecular weight is 403 g/mol. The van der Waals surface area contributed by atoms with Gasteiger partial charge in [0.05, 0.1) is 16.6 Å². The van der Waals surface area contributed by atoms with Crippen LogP contribution in [0.2, 0.25) is 0 Å². The Bertz CT molecular complexity index is 971. The Morgan fingerprint density at radius 2 is 1.72 bits per heavy atom. The lowest BCUT2D eigenvalue weighted by Crippen LogP contribution is -2.22. The van der Waals surface area contributed by atoms with E-state index in [1.54, 1.807) is 24.3 Å². The van der Waals surface area contributed by atoms with E-state index in [1.165, 1.54) is 6.07 Å². The number of carbonyl (C=O) groups is 1. The van der Waals surface area contributed by atoms with Crippen LogP contribution in [0.1, 0.15) is 45.1 Å². The fourth-order valence-electron chi connectivity index (χ4n) is 3.38. The molecule has 0 atom stereocenters. The molecule has 154 valence electrons. The number of hydrogen-bond donors (Lipinski definition) is 2. The van der Waals surface area contributed by atoms with Gasteiger partial charge in [-0.15, -0.1) is 0 Å². The quantitative estimate of drug-likeness (QED) is 0.479. The van der Waals surface area contributed by atoms with Gasteiger partial charge in [0.25, 0.3) is 0 Å². The second kappa shape index (κ2) is 8.68. The first kappa shape index (κ1) is 20.9. The predicted octanol–water partition coefficient (Wildman–Crippen LogP) is 6.40. The number of imidazole rings is 1. The summed E-state index contributed by atoms with van der Waals surface area (Å²) in [7, 11) is 0. The smallest absolute Gasteiger partial charge is 0.338 e. The van der Waals surface area contributed by atoms with E-state index in [-0.39, 0.29) is 11.8 Å². The Hall–Kier alpha value is -2.83. The van der Waals surface area contributed by atoms with E-state index in [4.69, 9.17) is 0 Å². The summed E-state index contributed by atoms with van der Waals surface area (Å²) in [5.74, 6) is 0.500. The molecule has 1 aromatic heterocycles. The number of benzene rings is 2. The van der Waals surface area contributed by atoms with E-state index in [2.05, 4.69) is 29.1 Å². The molecule has 0 unspecified atom stereocenters. The minimum Gasteiger partial charge on any atom is -0.338 e. The van der Waals surface area contributed by atoms with Crippen LogP contribution in [0.25, 0.3) is 22.4 Å². The average Bonchev–Trinajstić information content (AvgIpc) is 3.11. The third-order valence-corrected chi connectivity index (χ3v) is 4.88. The van der Waals surface area contributed by atoms with Crippen molar-refractivity contribution in [2.75, 3.05) is 5.32 Å². The van der Waals surface area contributed by atoms with Crippen molar-refractivity contribution in [1.82, 2.24) is 9.97 Å². The maximum absolute atomic E-state index is 12.9. The highest BCUT2D eigenvalue weighted by molar-refractivity contribution is 5.92. The molecular formula is C22H24F3N3O. The van der Waals surface area contributed by atoms with Crippen LogP contribution in [0.3, 0.4) is 0 Å². The summed E-state index contributed by atoms with van der Waals surface area (Å²) in [5, 5.41) is 2.95. The van der Waals surface area contributed by atoms with E-state index in [0.717, 1.165) is 43.4 Å². The summed E-state index contributed by atoms with van der Waals surface area (Å²) in [4.78, 5) is 19.8. The van der Waals surface area contributed by atoms with E-state index in [0.29, 0.717) is 22.5 Å². The van der Waals surface area contributed by atoms with Gasteiger partial charge in [0, 0.05) is 17.2 Å². The fraction of sp³-hybridized carbons (Fsp3) is 0.364. The Morgan fingerprint density at radius 3 is 2.31 bits per heavy atom. The lowest BCUT2D eigenvalue weighted by atomic mass is 9.97.